The van der Waals surface area contributed by atoms with E-state index in [9.17, 15) is 18.8 Å². The average Bonchev–Trinajstić information content (AvgIpc) is 2.68. The highest BCUT2D eigenvalue weighted by molar-refractivity contribution is 5.86. The van der Waals surface area contributed by atoms with Crippen molar-refractivity contribution >= 4 is 22.6 Å². The minimum absolute atomic E-state index is 0.0372. The number of aromatic nitrogens is 1. The number of aromatic amines is 1. The first-order chi connectivity index (χ1) is 13.3. The van der Waals surface area contributed by atoms with Crippen LogP contribution in [-0.4, -0.2) is 58.8 Å². The zero-order valence-electron chi connectivity index (χ0n) is 16.1. The van der Waals surface area contributed by atoms with Crippen LogP contribution < -0.4 is 11.3 Å². The molecule has 3 N–H and O–H groups in total. The number of amides is 2. The third kappa shape index (κ3) is 4.06. The van der Waals surface area contributed by atoms with Crippen LogP contribution in [0.4, 0.5) is 4.39 Å². The topological polar surface area (TPSA) is 99.5 Å². The predicted molar refractivity (Wildman–Crippen MR) is 104 cm³/mol. The molecule has 3 rings (SSSR count). The Morgan fingerprint density at radius 2 is 1.86 bits per heavy atom. The highest BCUT2D eigenvalue weighted by atomic mass is 19.1. The van der Waals surface area contributed by atoms with Gasteiger partial charge in [-0.15, -0.1) is 0 Å². The lowest BCUT2D eigenvalue weighted by atomic mass is 10.0. The Kier molecular flexibility index (Phi) is 5.79. The van der Waals surface area contributed by atoms with Crippen LogP contribution in [-0.2, 0) is 16.0 Å². The van der Waals surface area contributed by atoms with Gasteiger partial charge in [0.15, 0.2) is 0 Å². The molecule has 2 heterocycles. The first-order valence-corrected chi connectivity index (χ1v) is 9.41. The van der Waals surface area contributed by atoms with Crippen molar-refractivity contribution in [3.63, 3.8) is 0 Å². The van der Waals surface area contributed by atoms with Gasteiger partial charge < -0.3 is 20.5 Å². The molecule has 8 heteroatoms. The summed E-state index contributed by atoms with van der Waals surface area (Å²) in [7, 11) is 0. The van der Waals surface area contributed by atoms with Crippen LogP contribution in [0.5, 0.6) is 0 Å². The first-order valence-electron chi connectivity index (χ1n) is 9.41. The number of nitrogens with one attached hydrogen (secondary N) is 1. The predicted octanol–water partition coefficient (Wildman–Crippen LogP) is 0.926. The van der Waals surface area contributed by atoms with Gasteiger partial charge in [0.25, 0.3) is 5.56 Å². The van der Waals surface area contributed by atoms with Gasteiger partial charge in [-0.1, -0.05) is 6.07 Å². The monoisotopic (exact) mass is 388 g/mol. The Labute approximate surface area is 162 Å². The van der Waals surface area contributed by atoms with Gasteiger partial charge in [0, 0.05) is 38.3 Å². The molecule has 28 heavy (non-hydrogen) atoms. The molecule has 1 atom stereocenters. The Hall–Kier alpha value is -2.74. The molecule has 0 aliphatic carbocycles. The summed E-state index contributed by atoms with van der Waals surface area (Å²) in [5, 5.41) is 0.610. The molecule has 1 aromatic carbocycles. The van der Waals surface area contributed by atoms with Crippen molar-refractivity contribution in [2.24, 2.45) is 5.73 Å². The van der Waals surface area contributed by atoms with Gasteiger partial charge in [0.1, 0.15) is 5.82 Å². The number of carbonyl (C=O) groups is 2. The number of nitrogens with two attached hydrogens (primary N) is 1. The van der Waals surface area contributed by atoms with Crippen molar-refractivity contribution in [3.05, 3.63) is 45.6 Å². The molecule has 0 saturated carbocycles. The van der Waals surface area contributed by atoms with Crippen LogP contribution in [0.1, 0.15) is 24.6 Å². The minimum Gasteiger partial charge on any atom is -0.339 e. The summed E-state index contributed by atoms with van der Waals surface area (Å²) < 4.78 is 13.9. The second-order valence-electron chi connectivity index (χ2n) is 7.27. The van der Waals surface area contributed by atoms with E-state index in [1.54, 1.807) is 28.9 Å². The maximum absolute atomic E-state index is 13.9. The van der Waals surface area contributed by atoms with Crippen LogP contribution in [0.2, 0.25) is 0 Å². The number of benzene rings is 1. The van der Waals surface area contributed by atoms with Crippen molar-refractivity contribution in [1.82, 2.24) is 14.8 Å². The fourth-order valence-corrected chi connectivity index (χ4v) is 3.53. The Balaban J connectivity index is 1.63. The van der Waals surface area contributed by atoms with Crippen LogP contribution in [0.15, 0.2) is 23.0 Å². The molecular formula is C20H25FN4O3. The summed E-state index contributed by atoms with van der Waals surface area (Å²) in [5.41, 5.74) is 6.55. The molecule has 1 aliphatic heterocycles. The second kappa shape index (κ2) is 8.10. The summed E-state index contributed by atoms with van der Waals surface area (Å²) in [6.45, 7) is 5.34. The molecule has 7 nitrogen and oxygen atoms in total. The number of rotatable bonds is 4. The van der Waals surface area contributed by atoms with E-state index in [1.165, 1.54) is 6.07 Å². The standard InChI is InChI=1S/C20H25FN4O3/c1-12-3-5-16(21)18-15(12)11-14(23-19(18)27)4-6-17(26)24-7-9-25(10-8-24)20(28)13(2)22/h3,5,11,13H,4,6-10,22H2,1-2H3,(H,23,27)/t13-/m0/s1. The van der Waals surface area contributed by atoms with E-state index in [2.05, 4.69) is 4.98 Å². The van der Waals surface area contributed by atoms with Crippen LogP contribution in [0, 0.1) is 12.7 Å². The van der Waals surface area contributed by atoms with Crippen molar-refractivity contribution in [2.75, 3.05) is 26.2 Å². The molecule has 1 saturated heterocycles. The smallest absolute Gasteiger partial charge is 0.259 e. The number of carbonyl (C=O) groups excluding carboxylic acids is 2. The molecule has 0 radical (unpaired) electrons. The highest BCUT2D eigenvalue weighted by Crippen LogP contribution is 2.19. The van der Waals surface area contributed by atoms with E-state index < -0.39 is 17.4 Å². The fourth-order valence-electron chi connectivity index (χ4n) is 3.53. The number of hydrogen-bond acceptors (Lipinski definition) is 4. The fraction of sp³-hybridized carbons (Fsp3) is 0.450. The number of piperazine rings is 1. The van der Waals surface area contributed by atoms with Gasteiger partial charge in [0.05, 0.1) is 11.4 Å². The normalized spacial score (nSPS) is 15.7. The van der Waals surface area contributed by atoms with Gasteiger partial charge in [-0.3, -0.25) is 14.4 Å². The molecule has 2 amide bonds. The number of nitrogens with zero attached hydrogens (tertiary/aromatic N) is 2. The number of fused-ring (bicyclic) bond motifs is 1. The Bertz CT molecular complexity index is 962. The first kappa shape index (κ1) is 20.0. The molecule has 1 aliphatic rings. The van der Waals surface area contributed by atoms with Crippen molar-refractivity contribution in [3.8, 4) is 0 Å². The van der Waals surface area contributed by atoms with Gasteiger partial charge >= 0.3 is 0 Å². The van der Waals surface area contributed by atoms with E-state index in [4.69, 9.17) is 5.73 Å². The van der Waals surface area contributed by atoms with Crippen LogP contribution in [0.3, 0.4) is 0 Å². The largest absolute Gasteiger partial charge is 0.339 e. The molecule has 1 fully saturated rings. The molecule has 2 aromatic rings. The van der Waals surface area contributed by atoms with Crippen LogP contribution in [0.25, 0.3) is 10.8 Å². The van der Waals surface area contributed by atoms with Crippen LogP contribution >= 0.6 is 0 Å². The summed E-state index contributed by atoms with van der Waals surface area (Å²) in [6, 6.07) is 4.11. The van der Waals surface area contributed by atoms with Crippen molar-refractivity contribution in [1.29, 1.82) is 0 Å². The highest BCUT2D eigenvalue weighted by Gasteiger charge is 2.25. The Morgan fingerprint density at radius 1 is 1.21 bits per heavy atom. The summed E-state index contributed by atoms with van der Waals surface area (Å²) in [6.07, 6.45) is 0.593. The SMILES string of the molecule is Cc1ccc(F)c2c(=O)[nH]c(CCC(=O)N3CCN(C(=O)[C@H](C)N)CC3)cc12. The van der Waals surface area contributed by atoms with E-state index in [0.29, 0.717) is 43.7 Å². The number of halogens is 1. The molecule has 0 unspecified atom stereocenters. The van der Waals surface area contributed by atoms with E-state index >= 15 is 0 Å². The summed E-state index contributed by atoms with van der Waals surface area (Å²) in [4.78, 5) is 42.7. The Morgan fingerprint density at radius 3 is 2.50 bits per heavy atom. The average molecular weight is 388 g/mol. The molecule has 0 spiro atoms. The second-order valence-corrected chi connectivity index (χ2v) is 7.27. The molecule has 1 aromatic heterocycles. The summed E-state index contributed by atoms with van der Waals surface area (Å²) in [5.74, 6) is -0.697. The third-order valence-corrected chi connectivity index (χ3v) is 5.17. The summed E-state index contributed by atoms with van der Waals surface area (Å²) >= 11 is 0. The molecule has 0 bridgehead atoms. The number of hydrogen-bond donors (Lipinski definition) is 2. The van der Waals surface area contributed by atoms with Crippen molar-refractivity contribution in [2.45, 2.75) is 32.7 Å². The zero-order chi connectivity index (χ0) is 20.4. The third-order valence-electron chi connectivity index (χ3n) is 5.17. The lowest BCUT2D eigenvalue weighted by Gasteiger charge is -2.35. The van der Waals surface area contributed by atoms with E-state index in [1.807, 2.05) is 6.92 Å². The van der Waals surface area contributed by atoms with Gasteiger partial charge in [-0.05, 0) is 43.4 Å². The quantitative estimate of drug-likeness (QED) is 0.814. The lowest BCUT2D eigenvalue weighted by Crippen LogP contribution is -2.53. The van der Waals surface area contributed by atoms with Gasteiger partial charge in [0.2, 0.25) is 11.8 Å². The van der Waals surface area contributed by atoms with E-state index in [0.717, 1.165) is 5.56 Å². The van der Waals surface area contributed by atoms with Crippen molar-refractivity contribution < 1.29 is 14.0 Å². The van der Waals surface area contributed by atoms with E-state index in [-0.39, 0.29) is 23.6 Å². The number of pyridine rings is 1. The molecular weight excluding hydrogens is 363 g/mol. The maximum Gasteiger partial charge on any atom is 0.259 e. The van der Waals surface area contributed by atoms with Gasteiger partial charge in [-0.2, -0.15) is 0 Å². The molecule has 150 valence electrons. The number of aryl methyl sites for hydroxylation is 2. The van der Waals surface area contributed by atoms with Gasteiger partial charge in [-0.25, -0.2) is 4.39 Å². The number of H-pyrrole nitrogens is 1. The zero-order valence-corrected chi connectivity index (χ0v) is 16.1. The maximum atomic E-state index is 13.9. The minimum atomic E-state index is -0.552. The lowest BCUT2D eigenvalue weighted by molar-refractivity contribution is -0.140.